The Morgan fingerprint density at radius 1 is 1.00 bits per heavy atom. The van der Waals surface area contributed by atoms with Crippen LogP contribution in [0.2, 0.25) is 10.0 Å². The number of amides is 2. The molecule has 1 spiro atoms. The third-order valence-electron chi connectivity index (χ3n) is 6.19. The maximum atomic E-state index is 13.7. The Hall–Kier alpha value is -3.35. The first-order valence-corrected chi connectivity index (χ1v) is 11.0. The van der Waals surface area contributed by atoms with Crippen molar-refractivity contribution in [2.24, 2.45) is 0 Å². The molecule has 0 aromatic heterocycles. The summed E-state index contributed by atoms with van der Waals surface area (Å²) in [7, 11) is 1.63. The van der Waals surface area contributed by atoms with E-state index in [1.807, 2.05) is 0 Å². The lowest BCUT2D eigenvalue weighted by Crippen LogP contribution is -2.47. The van der Waals surface area contributed by atoms with E-state index in [0.29, 0.717) is 27.4 Å². The summed E-state index contributed by atoms with van der Waals surface area (Å²) in [4.78, 5) is 41.4. The summed E-state index contributed by atoms with van der Waals surface area (Å²) in [6.45, 7) is 0. The monoisotopic (exact) mass is 480 g/mol. The number of hydrogen-bond acceptors (Lipinski definition) is 4. The number of rotatable bonds is 3. The number of likely N-dealkylation sites (N-methyl/N-ethyl adjacent to an activating group) is 1. The standard InChI is InChI=1S/C25H18Cl2N2O4/c1-29-19-10-6-5-9-17(19)25(24(29)32)20(16-12-11-15(26)13-18(16)27)21(23(31)33-25)28-22(30)14-7-3-2-4-8-14/h2-13,20-21H,1H3,(H,28,30). The molecule has 1 N–H and O–H groups in total. The molecule has 2 aliphatic rings. The Balaban J connectivity index is 1.69. The number of esters is 1. The summed E-state index contributed by atoms with van der Waals surface area (Å²) >= 11 is 12.7. The van der Waals surface area contributed by atoms with Gasteiger partial charge in [0.05, 0.1) is 11.6 Å². The van der Waals surface area contributed by atoms with E-state index in [9.17, 15) is 14.4 Å². The van der Waals surface area contributed by atoms with E-state index in [4.69, 9.17) is 27.9 Å². The van der Waals surface area contributed by atoms with Crippen LogP contribution in [0.4, 0.5) is 5.69 Å². The fourth-order valence-corrected chi connectivity index (χ4v) is 5.24. The lowest BCUT2D eigenvalue weighted by molar-refractivity contribution is -0.158. The Bertz CT molecular complexity index is 1300. The molecule has 0 saturated carbocycles. The topological polar surface area (TPSA) is 75.7 Å². The van der Waals surface area contributed by atoms with Crippen molar-refractivity contribution in [3.05, 3.63) is 99.5 Å². The molecule has 3 atom stereocenters. The van der Waals surface area contributed by atoms with Gasteiger partial charge in [-0.15, -0.1) is 0 Å². The SMILES string of the molecule is CN1C(=O)C2(OC(=O)C(NC(=O)c3ccccc3)C2c2ccc(Cl)cc2Cl)c2ccccc21. The van der Waals surface area contributed by atoms with Gasteiger partial charge in [-0.2, -0.15) is 0 Å². The van der Waals surface area contributed by atoms with Gasteiger partial charge in [-0.3, -0.25) is 9.59 Å². The van der Waals surface area contributed by atoms with Crippen LogP contribution in [0.25, 0.3) is 0 Å². The molecule has 2 heterocycles. The average Bonchev–Trinajstić information content (AvgIpc) is 3.21. The van der Waals surface area contributed by atoms with Gasteiger partial charge in [0.2, 0.25) is 5.60 Å². The van der Waals surface area contributed by atoms with E-state index in [2.05, 4.69) is 5.32 Å². The number of fused-ring (bicyclic) bond motifs is 2. The van der Waals surface area contributed by atoms with E-state index in [1.165, 1.54) is 4.90 Å². The zero-order valence-corrected chi connectivity index (χ0v) is 18.9. The fourth-order valence-electron chi connectivity index (χ4n) is 4.72. The van der Waals surface area contributed by atoms with Crippen LogP contribution in [0.3, 0.4) is 0 Å². The summed E-state index contributed by atoms with van der Waals surface area (Å²) in [6, 6.07) is 19.3. The van der Waals surface area contributed by atoms with Crippen molar-refractivity contribution >= 4 is 46.7 Å². The quantitative estimate of drug-likeness (QED) is 0.566. The minimum atomic E-state index is -1.67. The number of carbonyl (C=O) groups is 3. The van der Waals surface area contributed by atoms with Crippen LogP contribution in [0, 0.1) is 0 Å². The molecule has 2 aliphatic heterocycles. The second-order valence-corrected chi connectivity index (χ2v) is 8.84. The van der Waals surface area contributed by atoms with Crippen molar-refractivity contribution in [3.8, 4) is 0 Å². The molecule has 3 aromatic rings. The van der Waals surface area contributed by atoms with Crippen LogP contribution in [0.5, 0.6) is 0 Å². The van der Waals surface area contributed by atoms with E-state index in [-0.39, 0.29) is 5.02 Å². The van der Waals surface area contributed by atoms with E-state index in [1.54, 1.807) is 79.8 Å². The van der Waals surface area contributed by atoms with Crippen molar-refractivity contribution in [3.63, 3.8) is 0 Å². The Morgan fingerprint density at radius 2 is 1.70 bits per heavy atom. The lowest BCUT2D eigenvalue weighted by Gasteiger charge is -2.30. The van der Waals surface area contributed by atoms with Crippen LogP contribution in [0.15, 0.2) is 72.8 Å². The van der Waals surface area contributed by atoms with Crippen molar-refractivity contribution in [1.29, 1.82) is 0 Å². The average molecular weight is 481 g/mol. The molecule has 8 heteroatoms. The molecular weight excluding hydrogens is 463 g/mol. The van der Waals surface area contributed by atoms with Gasteiger partial charge in [-0.1, -0.05) is 65.7 Å². The number of anilines is 1. The Morgan fingerprint density at radius 3 is 2.42 bits per heavy atom. The van der Waals surface area contributed by atoms with Crippen LogP contribution in [0.1, 0.15) is 27.4 Å². The molecule has 5 rings (SSSR count). The predicted molar refractivity (Wildman–Crippen MR) is 125 cm³/mol. The first-order valence-electron chi connectivity index (χ1n) is 10.3. The van der Waals surface area contributed by atoms with Crippen LogP contribution in [-0.2, 0) is 19.9 Å². The van der Waals surface area contributed by atoms with E-state index >= 15 is 0 Å². The summed E-state index contributed by atoms with van der Waals surface area (Å²) in [5, 5.41) is 3.45. The molecular formula is C25H18Cl2N2O4. The van der Waals surface area contributed by atoms with Gasteiger partial charge >= 0.3 is 5.97 Å². The van der Waals surface area contributed by atoms with Crippen molar-refractivity contribution in [2.45, 2.75) is 17.6 Å². The molecule has 1 fully saturated rings. The number of carbonyl (C=O) groups excluding carboxylic acids is 3. The minimum Gasteiger partial charge on any atom is -0.442 e. The van der Waals surface area contributed by atoms with E-state index in [0.717, 1.165) is 0 Å². The number of nitrogens with zero attached hydrogens (tertiary/aromatic N) is 1. The largest absolute Gasteiger partial charge is 0.442 e. The number of hydrogen-bond donors (Lipinski definition) is 1. The summed E-state index contributed by atoms with van der Waals surface area (Å²) in [5.41, 5.74) is 0.346. The third kappa shape index (κ3) is 3.21. The normalized spacial score (nSPS) is 23.5. The maximum absolute atomic E-state index is 13.7. The highest BCUT2D eigenvalue weighted by Crippen LogP contribution is 2.56. The van der Waals surface area contributed by atoms with Gasteiger partial charge in [-0.25, -0.2) is 4.79 Å². The second kappa shape index (κ2) is 7.90. The zero-order chi connectivity index (χ0) is 23.3. The van der Waals surface area contributed by atoms with Gasteiger partial charge in [0.25, 0.3) is 11.8 Å². The number of benzene rings is 3. The minimum absolute atomic E-state index is 0.268. The number of ether oxygens (including phenoxy) is 1. The predicted octanol–water partition coefficient (Wildman–Crippen LogP) is 4.30. The molecule has 0 bridgehead atoms. The Kier molecular flexibility index (Phi) is 5.15. The summed E-state index contributed by atoms with van der Waals surface area (Å²) in [5.74, 6) is -2.50. The Labute approximate surface area is 200 Å². The second-order valence-electron chi connectivity index (χ2n) is 8.00. The van der Waals surface area contributed by atoms with E-state index < -0.39 is 35.3 Å². The fraction of sp³-hybridized carbons (Fsp3) is 0.160. The molecule has 6 nitrogen and oxygen atoms in total. The van der Waals surface area contributed by atoms with Crippen LogP contribution >= 0.6 is 23.2 Å². The molecule has 1 saturated heterocycles. The highest BCUT2D eigenvalue weighted by molar-refractivity contribution is 6.35. The maximum Gasteiger partial charge on any atom is 0.330 e. The molecule has 2 amide bonds. The molecule has 0 aliphatic carbocycles. The highest BCUT2D eigenvalue weighted by Gasteiger charge is 2.67. The van der Waals surface area contributed by atoms with Gasteiger partial charge in [0, 0.05) is 28.2 Å². The number of halogens is 2. The summed E-state index contributed by atoms with van der Waals surface area (Å²) < 4.78 is 5.88. The van der Waals surface area contributed by atoms with Crippen molar-refractivity contribution in [1.82, 2.24) is 5.32 Å². The zero-order valence-electron chi connectivity index (χ0n) is 17.4. The van der Waals surface area contributed by atoms with Gasteiger partial charge < -0.3 is 15.0 Å². The smallest absolute Gasteiger partial charge is 0.330 e. The van der Waals surface area contributed by atoms with Crippen LogP contribution < -0.4 is 10.2 Å². The highest BCUT2D eigenvalue weighted by atomic mass is 35.5. The number of nitrogens with one attached hydrogen (secondary N) is 1. The van der Waals surface area contributed by atoms with Crippen molar-refractivity contribution < 1.29 is 19.1 Å². The summed E-state index contributed by atoms with van der Waals surface area (Å²) in [6.07, 6.45) is 0. The van der Waals surface area contributed by atoms with Gasteiger partial charge in [-0.05, 0) is 35.9 Å². The third-order valence-corrected chi connectivity index (χ3v) is 6.76. The first-order chi connectivity index (χ1) is 15.8. The van der Waals surface area contributed by atoms with Crippen LogP contribution in [-0.4, -0.2) is 30.9 Å². The molecule has 3 aromatic carbocycles. The molecule has 33 heavy (non-hydrogen) atoms. The molecule has 166 valence electrons. The van der Waals surface area contributed by atoms with Crippen molar-refractivity contribution in [2.75, 3.05) is 11.9 Å². The number of para-hydroxylation sites is 1. The first kappa shape index (κ1) is 21.5. The molecule has 3 unspecified atom stereocenters. The van der Waals surface area contributed by atoms with Gasteiger partial charge in [0.15, 0.2) is 0 Å². The molecule has 0 radical (unpaired) electrons. The van der Waals surface area contributed by atoms with Gasteiger partial charge in [0.1, 0.15) is 6.04 Å². The lowest BCUT2D eigenvalue weighted by atomic mass is 9.75.